The molecule has 4 aromatic carbocycles. The Labute approximate surface area is 191 Å². The lowest BCUT2D eigenvalue weighted by molar-refractivity contribution is 0.178. The Balaban J connectivity index is 1.61. The second kappa shape index (κ2) is 8.52. The number of aromatic hydroxyl groups is 3. The number of rotatable bonds is 0. The summed E-state index contributed by atoms with van der Waals surface area (Å²) in [5.74, 6) is 1.14. The highest BCUT2D eigenvalue weighted by Crippen LogP contribution is 2.37. The third kappa shape index (κ3) is 4.36. The predicted octanol–water partition coefficient (Wildman–Crippen LogP) is 5.64. The van der Waals surface area contributed by atoms with Gasteiger partial charge in [-0.3, -0.25) is 0 Å². The van der Waals surface area contributed by atoms with Crippen LogP contribution in [0.1, 0.15) is 28.4 Å². The Kier molecular flexibility index (Phi) is 5.40. The van der Waals surface area contributed by atoms with E-state index in [1.54, 1.807) is 30.3 Å². The standard InChI is InChI=1S/C28H24O5/c29-21-7-11-23-19(15-21)5-1-17-2-8-22(9-3-17)33-28-16-20(6-12-25(28)30)26(31)13-18-4-10-24(23)27(32)14-18/h2-4,6-12,14-16,26,29-32H,1,5,13H2/t26-/m1/s1. The van der Waals surface area contributed by atoms with Crippen molar-refractivity contribution in [2.45, 2.75) is 25.4 Å². The lowest BCUT2D eigenvalue weighted by atomic mass is 9.92. The zero-order valence-corrected chi connectivity index (χ0v) is 17.9. The molecule has 4 aliphatic heterocycles. The maximum absolute atomic E-state index is 10.8. The number of aryl methyl sites for hydroxylation is 2. The Hall–Kier alpha value is -3.96. The molecule has 0 saturated heterocycles. The van der Waals surface area contributed by atoms with E-state index in [0.717, 1.165) is 28.7 Å². The minimum Gasteiger partial charge on any atom is -0.508 e. The van der Waals surface area contributed by atoms with E-state index >= 15 is 0 Å². The van der Waals surface area contributed by atoms with Crippen LogP contribution >= 0.6 is 0 Å². The van der Waals surface area contributed by atoms with Gasteiger partial charge in [-0.25, -0.2) is 0 Å². The summed E-state index contributed by atoms with van der Waals surface area (Å²) in [5, 5.41) is 41.9. The van der Waals surface area contributed by atoms with Gasteiger partial charge in [0, 0.05) is 12.0 Å². The molecule has 33 heavy (non-hydrogen) atoms. The van der Waals surface area contributed by atoms with Gasteiger partial charge in [-0.2, -0.15) is 0 Å². The lowest BCUT2D eigenvalue weighted by Crippen LogP contribution is -2.03. The monoisotopic (exact) mass is 440 g/mol. The summed E-state index contributed by atoms with van der Waals surface area (Å²) >= 11 is 0. The molecule has 8 rings (SSSR count). The first kappa shape index (κ1) is 20.9. The number of hydrogen-bond donors (Lipinski definition) is 4. The first-order chi connectivity index (χ1) is 16.0. The number of aliphatic hydroxyl groups is 1. The van der Waals surface area contributed by atoms with Gasteiger partial charge in [-0.05, 0) is 83.1 Å². The first-order valence-corrected chi connectivity index (χ1v) is 10.9. The van der Waals surface area contributed by atoms with Crippen molar-refractivity contribution in [3.8, 4) is 39.9 Å². The van der Waals surface area contributed by atoms with Gasteiger partial charge in [-0.15, -0.1) is 0 Å². The summed E-state index contributed by atoms with van der Waals surface area (Å²) in [6, 6.07) is 23.0. The molecule has 166 valence electrons. The summed E-state index contributed by atoms with van der Waals surface area (Å²) in [6.07, 6.45) is 0.855. The minimum absolute atomic E-state index is 0.0113. The fourth-order valence-corrected chi connectivity index (χ4v) is 4.27. The van der Waals surface area contributed by atoms with Crippen molar-refractivity contribution in [1.82, 2.24) is 0 Å². The maximum Gasteiger partial charge on any atom is 0.169 e. The summed E-state index contributed by atoms with van der Waals surface area (Å²) in [7, 11) is 0. The number of phenolic OH excluding ortho intramolecular Hbond substituents is 3. The van der Waals surface area contributed by atoms with E-state index < -0.39 is 6.10 Å². The quantitative estimate of drug-likeness (QED) is 0.284. The Bertz CT molecular complexity index is 1310. The first-order valence-electron chi connectivity index (χ1n) is 10.9. The highest BCUT2D eigenvalue weighted by molar-refractivity contribution is 5.74. The van der Waals surface area contributed by atoms with Crippen LogP contribution in [-0.4, -0.2) is 20.4 Å². The lowest BCUT2D eigenvalue weighted by Gasteiger charge is -2.17. The normalized spacial score (nSPS) is 15.4. The summed E-state index contributed by atoms with van der Waals surface area (Å²) < 4.78 is 5.88. The van der Waals surface area contributed by atoms with Gasteiger partial charge >= 0.3 is 0 Å². The molecule has 0 fully saturated rings. The summed E-state index contributed by atoms with van der Waals surface area (Å²) in [4.78, 5) is 0. The molecular formula is C28H24O5. The third-order valence-electron chi connectivity index (χ3n) is 6.07. The van der Waals surface area contributed by atoms with Crippen molar-refractivity contribution in [3.63, 3.8) is 0 Å². The molecule has 0 saturated carbocycles. The Morgan fingerprint density at radius 3 is 2.21 bits per heavy atom. The molecule has 0 spiro atoms. The number of ether oxygens (including phenoxy) is 1. The molecule has 6 bridgehead atoms. The number of hydrogen-bond acceptors (Lipinski definition) is 5. The predicted molar refractivity (Wildman–Crippen MR) is 126 cm³/mol. The molecule has 0 aromatic heterocycles. The van der Waals surface area contributed by atoms with E-state index in [-0.39, 0.29) is 29.4 Å². The van der Waals surface area contributed by atoms with Crippen LogP contribution in [0.25, 0.3) is 11.1 Å². The number of phenols is 3. The van der Waals surface area contributed by atoms with E-state index in [9.17, 15) is 20.4 Å². The van der Waals surface area contributed by atoms with Crippen molar-refractivity contribution in [1.29, 1.82) is 0 Å². The summed E-state index contributed by atoms with van der Waals surface area (Å²) in [5.41, 5.74) is 4.94. The van der Waals surface area contributed by atoms with Gasteiger partial charge in [0.1, 0.15) is 17.2 Å². The fraction of sp³-hybridized carbons (Fsp3) is 0.143. The molecule has 1 atom stereocenters. The van der Waals surface area contributed by atoms with Crippen LogP contribution in [0.5, 0.6) is 28.7 Å². The van der Waals surface area contributed by atoms with Gasteiger partial charge in [-0.1, -0.05) is 36.4 Å². The van der Waals surface area contributed by atoms with Crippen molar-refractivity contribution in [2.75, 3.05) is 0 Å². The Morgan fingerprint density at radius 1 is 0.667 bits per heavy atom. The summed E-state index contributed by atoms with van der Waals surface area (Å²) in [6.45, 7) is 0. The molecule has 4 N–H and O–H groups in total. The fourth-order valence-electron chi connectivity index (χ4n) is 4.27. The van der Waals surface area contributed by atoms with Crippen molar-refractivity contribution < 1.29 is 25.2 Å². The van der Waals surface area contributed by atoms with Crippen LogP contribution in [0.2, 0.25) is 0 Å². The van der Waals surface area contributed by atoms with E-state index in [2.05, 4.69) is 0 Å². The van der Waals surface area contributed by atoms with Crippen LogP contribution < -0.4 is 4.74 Å². The van der Waals surface area contributed by atoms with Crippen LogP contribution in [-0.2, 0) is 19.3 Å². The molecule has 0 amide bonds. The largest absolute Gasteiger partial charge is 0.508 e. The SMILES string of the molecule is Oc1ccc2c(c1)CCc1ccc(cc1)Oc1cc(ccc1O)[C@H](O)Cc1ccc-2c(O)c1. The van der Waals surface area contributed by atoms with Gasteiger partial charge < -0.3 is 25.2 Å². The molecule has 5 heteroatoms. The number of aliphatic hydroxyl groups excluding tert-OH is 1. The molecular weight excluding hydrogens is 416 g/mol. The van der Waals surface area contributed by atoms with E-state index in [4.69, 9.17) is 4.74 Å². The molecule has 0 aliphatic carbocycles. The van der Waals surface area contributed by atoms with Crippen LogP contribution in [0.4, 0.5) is 0 Å². The smallest absolute Gasteiger partial charge is 0.169 e. The molecule has 0 radical (unpaired) electrons. The molecule has 4 heterocycles. The number of benzene rings is 4. The third-order valence-corrected chi connectivity index (χ3v) is 6.07. The van der Waals surface area contributed by atoms with Gasteiger partial charge in [0.05, 0.1) is 6.10 Å². The zero-order chi connectivity index (χ0) is 22.9. The average molecular weight is 440 g/mol. The minimum atomic E-state index is -0.844. The van der Waals surface area contributed by atoms with E-state index in [1.165, 1.54) is 6.07 Å². The van der Waals surface area contributed by atoms with Gasteiger partial charge in [0.15, 0.2) is 11.5 Å². The zero-order valence-electron chi connectivity index (χ0n) is 17.9. The second-order valence-corrected chi connectivity index (χ2v) is 8.39. The van der Waals surface area contributed by atoms with Crippen LogP contribution in [0.15, 0.2) is 78.9 Å². The van der Waals surface area contributed by atoms with Crippen molar-refractivity contribution >= 4 is 0 Å². The molecule has 0 unspecified atom stereocenters. The molecule has 4 aromatic rings. The van der Waals surface area contributed by atoms with Crippen molar-refractivity contribution in [3.05, 3.63) is 101 Å². The van der Waals surface area contributed by atoms with Gasteiger partial charge in [0.25, 0.3) is 0 Å². The van der Waals surface area contributed by atoms with Crippen molar-refractivity contribution in [2.24, 2.45) is 0 Å². The average Bonchev–Trinajstić information content (AvgIpc) is 2.80. The van der Waals surface area contributed by atoms with Crippen LogP contribution in [0.3, 0.4) is 0 Å². The molecule has 5 nitrogen and oxygen atoms in total. The molecule has 4 aliphatic rings. The highest BCUT2D eigenvalue weighted by Gasteiger charge is 2.16. The topological polar surface area (TPSA) is 90.2 Å². The van der Waals surface area contributed by atoms with Crippen LogP contribution in [0, 0.1) is 0 Å². The maximum atomic E-state index is 10.8. The van der Waals surface area contributed by atoms with E-state index in [1.807, 2.05) is 42.5 Å². The second-order valence-electron chi connectivity index (χ2n) is 8.39. The van der Waals surface area contributed by atoms with Gasteiger partial charge in [0.2, 0.25) is 0 Å². The van der Waals surface area contributed by atoms with E-state index in [0.29, 0.717) is 23.3 Å². The highest BCUT2D eigenvalue weighted by atomic mass is 16.5. The Morgan fingerprint density at radius 2 is 1.42 bits per heavy atom.